The maximum Gasteiger partial charge on any atom is 0.119 e. The molecule has 0 N–H and O–H groups in total. The van der Waals surface area contributed by atoms with E-state index in [2.05, 4.69) is 81.5 Å². The van der Waals surface area contributed by atoms with Crippen LogP contribution in [0.25, 0.3) is 10.1 Å². The third kappa shape index (κ3) is 5.31. The molecule has 3 heteroatoms. The second-order valence-electron chi connectivity index (χ2n) is 6.60. The first-order valence-corrected chi connectivity index (χ1v) is 9.83. The number of nitrogens with zero attached hydrogens (tertiary/aromatic N) is 1. The van der Waals surface area contributed by atoms with E-state index < -0.39 is 0 Å². The van der Waals surface area contributed by atoms with Crippen molar-refractivity contribution in [2.24, 2.45) is 0 Å². The van der Waals surface area contributed by atoms with Gasteiger partial charge >= 0.3 is 0 Å². The molecule has 0 saturated heterocycles. The molecule has 3 aromatic rings. The van der Waals surface area contributed by atoms with Gasteiger partial charge < -0.3 is 9.64 Å². The predicted octanol–water partition coefficient (Wildman–Crippen LogP) is 5.94. The first kappa shape index (κ1) is 19.4. The molecule has 0 spiro atoms. The van der Waals surface area contributed by atoms with E-state index >= 15 is 0 Å². The van der Waals surface area contributed by atoms with Crippen molar-refractivity contribution in [1.29, 1.82) is 0 Å². The lowest BCUT2D eigenvalue weighted by Crippen LogP contribution is -2.19. The van der Waals surface area contributed by atoms with Crippen LogP contribution in [-0.4, -0.2) is 32.1 Å². The van der Waals surface area contributed by atoms with Gasteiger partial charge in [0.1, 0.15) is 12.4 Å². The molecule has 0 atom stereocenters. The van der Waals surface area contributed by atoms with Crippen molar-refractivity contribution >= 4 is 26.0 Å². The van der Waals surface area contributed by atoms with Gasteiger partial charge in [0, 0.05) is 16.6 Å². The van der Waals surface area contributed by atoms with Crippen molar-refractivity contribution < 1.29 is 4.74 Å². The van der Waals surface area contributed by atoms with Crippen molar-refractivity contribution in [3.05, 3.63) is 102 Å². The summed E-state index contributed by atoms with van der Waals surface area (Å²) in [5, 5.41) is 0. The van der Waals surface area contributed by atoms with E-state index in [1.54, 1.807) is 0 Å². The maximum atomic E-state index is 5.83. The molecular weight excluding hydrogens is 398 g/mol. The Kier molecular flexibility index (Phi) is 6.86. The van der Waals surface area contributed by atoms with Crippen LogP contribution in [0.3, 0.4) is 0 Å². The van der Waals surface area contributed by atoms with Gasteiger partial charge in [-0.1, -0.05) is 72.8 Å². The van der Waals surface area contributed by atoms with Gasteiger partial charge in [0.15, 0.2) is 0 Å². The number of benzene rings is 3. The van der Waals surface area contributed by atoms with Gasteiger partial charge in [-0.25, -0.2) is 0 Å². The standard InChI is InChI=1S/C24H24BrNO/c1-26(2)17-18-27-22-15-13-20(14-16-22)23(19-9-5-3-6-10-19)24(25)21-11-7-4-8-12-21/h3-16H,17-18H2,1-2H3/b24-23+. The summed E-state index contributed by atoms with van der Waals surface area (Å²) in [6.07, 6.45) is 0. The number of halogens is 1. The number of ether oxygens (including phenoxy) is 1. The SMILES string of the molecule is CN(C)CCOc1ccc(/C(=C(/Br)c2ccccc2)c2ccccc2)cc1. The lowest BCUT2D eigenvalue weighted by atomic mass is 9.95. The van der Waals surface area contributed by atoms with Gasteiger partial charge in [-0.3, -0.25) is 0 Å². The summed E-state index contributed by atoms with van der Waals surface area (Å²) in [5.41, 5.74) is 4.65. The highest BCUT2D eigenvalue weighted by molar-refractivity contribution is 9.15. The van der Waals surface area contributed by atoms with E-state index in [4.69, 9.17) is 4.74 Å². The molecule has 138 valence electrons. The van der Waals surface area contributed by atoms with E-state index in [9.17, 15) is 0 Å². The van der Waals surface area contributed by atoms with Crippen LogP contribution < -0.4 is 4.74 Å². The Balaban J connectivity index is 1.95. The van der Waals surface area contributed by atoms with E-state index in [1.807, 2.05) is 38.4 Å². The second-order valence-corrected chi connectivity index (χ2v) is 7.39. The summed E-state index contributed by atoms with van der Waals surface area (Å²) < 4.78 is 6.91. The van der Waals surface area contributed by atoms with Crippen LogP contribution in [0.4, 0.5) is 0 Å². The summed E-state index contributed by atoms with van der Waals surface area (Å²) in [5.74, 6) is 0.892. The fourth-order valence-corrected chi connectivity index (χ4v) is 3.54. The molecule has 0 saturated carbocycles. The molecule has 27 heavy (non-hydrogen) atoms. The molecule has 0 heterocycles. The second kappa shape index (κ2) is 9.54. The smallest absolute Gasteiger partial charge is 0.119 e. The van der Waals surface area contributed by atoms with Crippen LogP contribution in [0.5, 0.6) is 5.75 Å². The minimum absolute atomic E-state index is 0.682. The molecule has 0 aliphatic rings. The molecule has 0 amide bonds. The van der Waals surface area contributed by atoms with Crippen molar-refractivity contribution in [3.63, 3.8) is 0 Å². The van der Waals surface area contributed by atoms with Gasteiger partial charge in [-0.2, -0.15) is 0 Å². The molecule has 0 aliphatic carbocycles. The zero-order valence-electron chi connectivity index (χ0n) is 15.7. The third-order valence-electron chi connectivity index (χ3n) is 4.26. The Morgan fingerprint density at radius 1 is 0.741 bits per heavy atom. The molecule has 0 radical (unpaired) electrons. The molecule has 2 nitrogen and oxygen atoms in total. The lowest BCUT2D eigenvalue weighted by Gasteiger charge is -2.14. The number of rotatable bonds is 7. The van der Waals surface area contributed by atoms with E-state index in [1.165, 1.54) is 11.1 Å². The molecule has 3 rings (SSSR count). The fourth-order valence-electron chi connectivity index (χ4n) is 2.82. The van der Waals surface area contributed by atoms with Crippen LogP contribution in [0.1, 0.15) is 16.7 Å². The number of likely N-dealkylation sites (N-methyl/N-ethyl adjacent to an activating group) is 1. The quantitative estimate of drug-likeness (QED) is 0.437. The van der Waals surface area contributed by atoms with Gasteiger partial charge in [-0.05, 0) is 58.8 Å². The normalized spacial score (nSPS) is 12.0. The van der Waals surface area contributed by atoms with Crippen LogP contribution in [-0.2, 0) is 0 Å². The highest BCUT2D eigenvalue weighted by atomic mass is 79.9. The summed E-state index contributed by atoms with van der Waals surface area (Å²) >= 11 is 3.85. The van der Waals surface area contributed by atoms with Gasteiger partial charge in [0.05, 0.1) is 0 Å². The highest BCUT2D eigenvalue weighted by Gasteiger charge is 2.12. The van der Waals surface area contributed by atoms with Gasteiger partial charge in [0.2, 0.25) is 0 Å². The predicted molar refractivity (Wildman–Crippen MR) is 118 cm³/mol. The lowest BCUT2D eigenvalue weighted by molar-refractivity contribution is 0.261. The van der Waals surface area contributed by atoms with Crippen LogP contribution in [0, 0.1) is 0 Å². The summed E-state index contributed by atoms with van der Waals surface area (Å²) in [6.45, 7) is 1.58. The Hall–Kier alpha value is -2.36. The van der Waals surface area contributed by atoms with Crippen LogP contribution in [0.15, 0.2) is 84.9 Å². The first-order valence-electron chi connectivity index (χ1n) is 9.04. The Bertz CT molecular complexity index is 871. The van der Waals surface area contributed by atoms with Crippen molar-refractivity contribution in [2.45, 2.75) is 0 Å². The summed E-state index contributed by atoms with van der Waals surface area (Å²) in [4.78, 5) is 2.11. The zero-order chi connectivity index (χ0) is 19.1. The van der Waals surface area contributed by atoms with Crippen LogP contribution >= 0.6 is 15.9 Å². The van der Waals surface area contributed by atoms with Crippen molar-refractivity contribution in [3.8, 4) is 5.75 Å². The monoisotopic (exact) mass is 421 g/mol. The third-order valence-corrected chi connectivity index (χ3v) is 5.11. The average molecular weight is 422 g/mol. The molecule has 3 aromatic carbocycles. The fraction of sp³-hybridized carbons (Fsp3) is 0.167. The molecule has 0 aromatic heterocycles. The summed E-state index contributed by atoms with van der Waals surface area (Å²) in [7, 11) is 4.09. The van der Waals surface area contributed by atoms with E-state index in [0.717, 1.165) is 27.9 Å². The number of hydrogen-bond donors (Lipinski definition) is 0. The average Bonchev–Trinajstić information content (AvgIpc) is 2.70. The van der Waals surface area contributed by atoms with Crippen molar-refractivity contribution in [1.82, 2.24) is 4.90 Å². The summed E-state index contributed by atoms with van der Waals surface area (Å²) in [6, 6.07) is 29.2. The highest BCUT2D eigenvalue weighted by Crippen LogP contribution is 2.36. The minimum Gasteiger partial charge on any atom is -0.492 e. The molecule has 0 aliphatic heterocycles. The Morgan fingerprint density at radius 2 is 1.26 bits per heavy atom. The van der Waals surface area contributed by atoms with Gasteiger partial charge in [0.25, 0.3) is 0 Å². The Labute approximate surface area is 170 Å². The topological polar surface area (TPSA) is 12.5 Å². The number of hydrogen-bond acceptors (Lipinski definition) is 2. The van der Waals surface area contributed by atoms with Crippen molar-refractivity contribution in [2.75, 3.05) is 27.2 Å². The molecule has 0 unspecified atom stereocenters. The van der Waals surface area contributed by atoms with Crippen LogP contribution in [0.2, 0.25) is 0 Å². The zero-order valence-corrected chi connectivity index (χ0v) is 17.3. The molecular formula is C24H24BrNO. The molecule has 0 fully saturated rings. The van der Waals surface area contributed by atoms with Gasteiger partial charge in [-0.15, -0.1) is 0 Å². The largest absolute Gasteiger partial charge is 0.492 e. The van der Waals surface area contributed by atoms with E-state index in [-0.39, 0.29) is 0 Å². The minimum atomic E-state index is 0.682. The Morgan fingerprint density at radius 3 is 1.81 bits per heavy atom. The van der Waals surface area contributed by atoms with E-state index in [0.29, 0.717) is 6.61 Å². The first-order chi connectivity index (χ1) is 13.1. The maximum absolute atomic E-state index is 5.83. The molecule has 0 bridgehead atoms.